The van der Waals surface area contributed by atoms with Gasteiger partial charge in [-0.25, -0.2) is 0 Å². The summed E-state index contributed by atoms with van der Waals surface area (Å²) >= 11 is 5.87. The van der Waals surface area contributed by atoms with E-state index in [2.05, 4.69) is 6.07 Å². The Balaban J connectivity index is 1.93. The van der Waals surface area contributed by atoms with Gasteiger partial charge in [-0.05, 0) is 48.0 Å². The number of nitrogens with zero attached hydrogens (tertiary/aromatic N) is 2. The molecule has 0 spiro atoms. The molecule has 0 aliphatic carbocycles. The van der Waals surface area contributed by atoms with Crippen molar-refractivity contribution >= 4 is 28.9 Å². The first-order chi connectivity index (χ1) is 12.1. The second kappa shape index (κ2) is 7.04. The second-order valence-corrected chi connectivity index (χ2v) is 5.62. The van der Waals surface area contributed by atoms with Crippen LogP contribution in [0.25, 0.3) is 23.0 Å². The lowest BCUT2D eigenvalue weighted by molar-refractivity contribution is -0.384. The van der Waals surface area contributed by atoms with Crippen molar-refractivity contribution in [2.45, 2.75) is 0 Å². The van der Waals surface area contributed by atoms with Gasteiger partial charge >= 0.3 is 0 Å². The number of nitriles is 1. The monoisotopic (exact) mass is 350 g/mol. The predicted molar refractivity (Wildman–Crippen MR) is 95.7 cm³/mol. The Hall–Kier alpha value is -3.36. The molecule has 6 heteroatoms. The molecule has 1 heterocycles. The molecule has 5 nitrogen and oxygen atoms in total. The van der Waals surface area contributed by atoms with E-state index >= 15 is 0 Å². The Morgan fingerprint density at radius 2 is 1.92 bits per heavy atom. The van der Waals surface area contributed by atoms with Gasteiger partial charge in [0.1, 0.15) is 11.5 Å². The van der Waals surface area contributed by atoms with Crippen molar-refractivity contribution in [3.8, 4) is 17.4 Å². The van der Waals surface area contributed by atoms with E-state index in [0.29, 0.717) is 22.1 Å². The van der Waals surface area contributed by atoms with Crippen molar-refractivity contribution in [1.82, 2.24) is 0 Å². The Labute approximate surface area is 148 Å². The van der Waals surface area contributed by atoms with Crippen LogP contribution in [0.15, 0.2) is 65.1 Å². The number of hydrogen-bond acceptors (Lipinski definition) is 4. The molecular formula is C19H11ClN2O3. The molecule has 3 aromatic rings. The summed E-state index contributed by atoms with van der Waals surface area (Å²) in [5, 5.41) is 20.9. The Bertz CT molecular complexity index is 998. The zero-order chi connectivity index (χ0) is 17.8. The molecule has 0 amide bonds. The first-order valence-corrected chi connectivity index (χ1v) is 7.67. The minimum absolute atomic E-state index is 0.0695. The highest BCUT2D eigenvalue weighted by molar-refractivity contribution is 6.30. The SMILES string of the molecule is N#CC(=Cc1ccc(-c2ccc(Cl)cc2)o1)c1cccc([N+](=O)[O-])c1. The number of halogens is 1. The third-order valence-electron chi connectivity index (χ3n) is 3.53. The third kappa shape index (κ3) is 3.77. The number of nitro benzene ring substituents is 1. The van der Waals surface area contributed by atoms with E-state index < -0.39 is 4.92 Å². The molecule has 0 aliphatic rings. The van der Waals surface area contributed by atoms with Gasteiger partial charge < -0.3 is 4.42 Å². The van der Waals surface area contributed by atoms with Gasteiger partial charge in [0.05, 0.1) is 16.6 Å². The van der Waals surface area contributed by atoms with Crippen molar-refractivity contribution < 1.29 is 9.34 Å². The van der Waals surface area contributed by atoms with Crippen molar-refractivity contribution in [3.63, 3.8) is 0 Å². The summed E-state index contributed by atoms with van der Waals surface area (Å²) in [5.74, 6) is 1.12. The summed E-state index contributed by atoms with van der Waals surface area (Å²) in [6, 6.07) is 18.7. The van der Waals surface area contributed by atoms with E-state index in [-0.39, 0.29) is 11.3 Å². The highest BCUT2D eigenvalue weighted by atomic mass is 35.5. The standard InChI is InChI=1S/C19H11ClN2O3/c20-16-6-4-13(5-7-16)19-9-8-18(25-19)11-15(12-21)14-2-1-3-17(10-14)22(23)24/h1-11H. The number of non-ortho nitro benzene ring substituents is 1. The summed E-state index contributed by atoms with van der Waals surface area (Å²) < 4.78 is 5.74. The van der Waals surface area contributed by atoms with Crippen LogP contribution >= 0.6 is 11.6 Å². The topological polar surface area (TPSA) is 80.1 Å². The maximum Gasteiger partial charge on any atom is 0.270 e. The molecule has 25 heavy (non-hydrogen) atoms. The minimum Gasteiger partial charge on any atom is -0.457 e. The van der Waals surface area contributed by atoms with Crippen molar-refractivity contribution in [2.75, 3.05) is 0 Å². The fourth-order valence-corrected chi connectivity index (χ4v) is 2.44. The molecule has 0 radical (unpaired) electrons. The smallest absolute Gasteiger partial charge is 0.270 e. The van der Waals surface area contributed by atoms with E-state index in [9.17, 15) is 15.4 Å². The molecule has 0 unspecified atom stereocenters. The van der Waals surface area contributed by atoms with Gasteiger partial charge in [-0.3, -0.25) is 10.1 Å². The summed E-state index contributed by atoms with van der Waals surface area (Å²) in [4.78, 5) is 10.4. The lowest BCUT2D eigenvalue weighted by Gasteiger charge is -1.99. The molecule has 3 rings (SSSR count). The van der Waals surface area contributed by atoms with E-state index in [1.165, 1.54) is 12.1 Å². The predicted octanol–water partition coefficient (Wildman–Crippen LogP) is 5.57. The minimum atomic E-state index is -0.496. The molecule has 0 N–H and O–H groups in total. The first kappa shape index (κ1) is 16.5. The van der Waals surface area contributed by atoms with Gasteiger partial charge in [0.2, 0.25) is 0 Å². The van der Waals surface area contributed by atoms with Crippen LogP contribution in [0.4, 0.5) is 5.69 Å². The van der Waals surface area contributed by atoms with Crippen LogP contribution in [-0.4, -0.2) is 4.92 Å². The largest absolute Gasteiger partial charge is 0.457 e. The Morgan fingerprint density at radius 3 is 2.60 bits per heavy atom. The van der Waals surface area contributed by atoms with Crippen LogP contribution in [0.3, 0.4) is 0 Å². The van der Waals surface area contributed by atoms with Crippen molar-refractivity contribution in [1.29, 1.82) is 5.26 Å². The van der Waals surface area contributed by atoms with E-state index in [1.54, 1.807) is 42.5 Å². The normalized spacial score (nSPS) is 11.1. The number of benzene rings is 2. The molecule has 1 aromatic heterocycles. The zero-order valence-corrected chi connectivity index (χ0v) is 13.6. The number of furan rings is 1. The molecular weight excluding hydrogens is 340 g/mol. The van der Waals surface area contributed by atoms with E-state index in [4.69, 9.17) is 16.0 Å². The molecule has 0 saturated carbocycles. The van der Waals surface area contributed by atoms with Crippen LogP contribution in [0.2, 0.25) is 5.02 Å². The maximum atomic E-state index is 10.9. The molecule has 0 fully saturated rings. The molecule has 0 aliphatic heterocycles. The number of allylic oxidation sites excluding steroid dienone is 1. The summed E-state index contributed by atoms with van der Waals surface area (Å²) in [6.07, 6.45) is 1.55. The van der Waals surface area contributed by atoms with Gasteiger partial charge in [-0.2, -0.15) is 5.26 Å². The van der Waals surface area contributed by atoms with E-state index in [1.807, 2.05) is 12.1 Å². The summed E-state index contributed by atoms with van der Waals surface area (Å²) in [5.41, 5.74) is 1.53. The van der Waals surface area contributed by atoms with Gasteiger partial charge in [0.15, 0.2) is 0 Å². The van der Waals surface area contributed by atoms with Gasteiger partial charge in [0.25, 0.3) is 5.69 Å². The average Bonchev–Trinajstić information content (AvgIpc) is 3.09. The molecule has 0 saturated heterocycles. The highest BCUT2D eigenvalue weighted by Gasteiger charge is 2.10. The zero-order valence-electron chi connectivity index (χ0n) is 12.8. The lowest BCUT2D eigenvalue weighted by Crippen LogP contribution is -1.89. The molecule has 0 atom stereocenters. The van der Waals surface area contributed by atoms with Gasteiger partial charge in [-0.1, -0.05) is 23.7 Å². The Kier molecular flexibility index (Phi) is 4.64. The van der Waals surface area contributed by atoms with Crippen LogP contribution in [0.1, 0.15) is 11.3 Å². The number of rotatable bonds is 4. The molecule has 0 bridgehead atoms. The second-order valence-electron chi connectivity index (χ2n) is 5.19. The van der Waals surface area contributed by atoms with Crippen LogP contribution in [-0.2, 0) is 0 Å². The number of nitro groups is 1. The first-order valence-electron chi connectivity index (χ1n) is 7.29. The Morgan fingerprint density at radius 1 is 1.16 bits per heavy atom. The highest BCUT2D eigenvalue weighted by Crippen LogP contribution is 2.27. The van der Waals surface area contributed by atoms with Gasteiger partial charge in [0, 0.05) is 22.7 Å². The number of hydrogen-bond donors (Lipinski definition) is 0. The summed E-state index contributed by atoms with van der Waals surface area (Å²) in [6.45, 7) is 0. The van der Waals surface area contributed by atoms with Crippen molar-refractivity contribution in [3.05, 3.63) is 87.1 Å². The maximum absolute atomic E-state index is 10.9. The fraction of sp³-hybridized carbons (Fsp3) is 0. The van der Waals surface area contributed by atoms with Crippen LogP contribution < -0.4 is 0 Å². The quantitative estimate of drug-likeness (QED) is 0.350. The average molecular weight is 351 g/mol. The summed E-state index contributed by atoms with van der Waals surface area (Å²) in [7, 11) is 0. The molecule has 122 valence electrons. The third-order valence-corrected chi connectivity index (χ3v) is 3.78. The van der Waals surface area contributed by atoms with Crippen LogP contribution in [0.5, 0.6) is 0 Å². The van der Waals surface area contributed by atoms with E-state index in [0.717, 1.165) is 5.56 Å². The lowest BCUT2D eigenvalue weighted by atomic mass is 10.1. The van der Waals surface area contributed by atoms with Crippen LogP contribution in [0, 0.1) is 21.4 Å². The molecule has 2 aromatic carbocycles. The van der Waals surface area contributed by atoms with Gasteiger partial charge in [-0.15, -0.1) is 0 Å². The fourth-order valence-electron chi connectivity index (χ4n) is 2.31. The van der Waals surface area contributed by atoms with Crippen molar-refractivity contribution in [2.24, 2.45) is 0 Å².